The van der Waals surface area contributed by atoms with Crippen molar-refractivity contribution in [2.75, 3.05) is 24.7 Å². The molecule has 3 aromatic rings. The minimum atomic E-state index is -0.146. The van der Waals surface area contributed by atoms with Gasteiger partial charge >= 0.3 is 0 Å². The third-order valence-corrected chi connectivity index (χ3v) is 4.47. The van der Waals surface area contributed by atoms with Crippen LogP contribution in [0.25, 0.3) is 22.2 Å². The van der Waals surface area contributed by atoms with Crippen molar-refractivity contribution in [3.63, 3.8) is 0 Å². The smallest absolute Gasteiger partial charge is 0.260 e. The predicted octanol–water partition coefficient (Wildman–Crippen LogP) is 1.29. The van der Waals surface area contributed by atoms with Gasteiger partial charge in [-0.05, 0) is 31.5 Å². The highest BCUT2D eigenvalue weighted by Crippen LogP contribution is 2.27. The molecule has 0 aliphatic carbocycles. The molecule has 3 aromatic heterocycles. The third-order valence-electron chi connectivity index (χ3n) is 4.47. The number of anilines is 2. The second-order valence-corrected chi connectivity index (χ2v) is 6.13. The number of aromatic nitrogens is 4. The van der Waals surface area contributed by atoms with Crippen LogP contribution in [0, 0.1) is 6.92 Å². The molecule has 0 radical (unpaired) electrons. The zero-order valence-electron chi connectivity index (χ0n) is 13.8. The first-order chi connectivity index (χ1) is 12.0. The van der Waals surface area contributed by atoms with Gasteiger partial charge in [-0.3, -0.25) is 9.36 Å². The van der Waals surface area contributed by atoms with Crippen molar-refractivity contribution < 1.29 is 4.74 Å². The number of hydrogen-bond acceptors (Lipinski definition) is 7. The number of nitrogens with two attached hydrogens (primary N) is 2. The van der Waals surface area contributed by atoms with E-state index in [1.165, 1.54) is 0 Å². The van der Waals surface area contributed by atoms with Gasteiger partial charge < -0.3 is 16.2 Å². The Balaban J connectivity index is 2.06. The van der Waals surface area contributed by atoms with Gasteiger partial charge in [0.25, 0.3) is 5.56 Å². The Morgan fingerprint density at radius 2 is 2.12 bits per heavy atom. The zero-order chi connectivity index (χ0) is 17.6. The Morgan fingerprint density at radius 3 is 2.80 bits per heavy atom. The Morgan fingerprint density at radius 1 is 1.28 bits per heavy atom. The van der Waals surface area contributed by atoms with Crippen molar-refractivity contribution in [1.82, 2.24) is 19.5 Å². The summed E-state index contributed by atoms with van der Waals surface area (Å²) in [6, 6.07) is 5.18. The Kier molecular flexibility index (Phi) is 3.61. The molecule has 0 amide bonds. The fraction of sp³-hybridized carbons (Fsp3) is 0.294. The molecule has 1 saturated heterocycles. The van der Waals surface area contributed by atoms with Crippen LogP contribution in [0.5, 0.6) is 0 Å². The van der Waals surface area contributed by atoms with Crippen molar-refractivity contribution in [3.05, 3.63) is 40.4 Å². The van der Waals surface area contributed by atoms with Crippen LogP contribution in [-0.2, 0) is 4.74 Å². The van der Waals surface area contributed by atoms with E-state index in [1.807, 2.05) is 6.92 Å². The summed E-state index contributed by atoms with van der Waals surface area (Å²) in [5.41, 5.74) is 13.8. The van der Waals surface area contributed by atoms with Crippen LogP contribution in [0.2, 0.25) is 0 Å². The van der Waals surface area contributed by atoms with E-state index in [0.717, 1.165) is 17.5 Å². The van der Waals surface area contributed by atoms with Gasteiger partial charge in [0.05, 0.1) is 18.3 Å². The van der Waals surface area contributed by atoms with E-state index in [-0.39, 0.29) is 17.5 Å². The number of pyridine rings is 2. The Bertz CT molecular complexity index is 1010. The highest BCUT2D eigenvalue weighted by atomic mass is 16.5. The van der Waals surface area contributed by atoms with E-state index in [4.69, 9.17) is 16.2 Å². The standard InChI is InChI=1S/C17H18N6O2/c1-9-12-6-13(10-2-3-14(18)20-7-10)16(24)23(11-4-5-25-8-11)15(12)22-17(19)21-9/h2-3,6-7,11H,4-5,8H2,1H3,(H2,18,20)(H2,19,21,22). The summed E-state index contributed by atoms with van der Waals surface area (Å²) < 4.78 is 7.15. The lowest BCUT2D eigenvalue weighted by Crippen LogP contribution is -2.28. The van der Waals surface area contributed by atoms with Gasteiger partial charge in [0.15, 0.2) is 0 Å². The van der Waals surface area contributed by atoms with Gasteiger partial charge in [0.1, 0.15) is 11.5 Å². The van der Waals surface area contributed by atoms with Crippen LogP contribution >= 0.6 is 0 Å². The minimum Gasteiger partial charge on any atom is -0.384 e. The summed E-state index contributed by atoms with van der Waals surface area (Å²) in [5, 5.41) is 0.785. The summed E-state index contributed by atoms with van der Waals surface area (Å²) in [5.74, 6) is 0.556. The van der Waals surface area contributed by atoms with E-state index < -0.39 is 0 Å². The maximum atomic E-state index is 13.2. The topological polar surface area (TPSA) is 122 Å². The molecule has 0 aromatic carbocycles. The molecule has 4 heterocycles. The number of nitrogens with zero attached hydrogens (tertiary/aromatic N) is 4. The molecule has 1 atom stereocenters. The molecule has 4 rings (SSSR count). The Hall–Kier alpha value is -3.00. The number of ether oxygens (including phenoxy) is 1. The third kappa shape index (κ3) is 2.60. The Labute approximate surface area is 143 Å². The van der Waals surface area contributed by atoms with E-state index in [9.17, 15) is 4.79 Å². The maximum absolute atomic E-state index is 13.2. The molecule has 1 fully saturated rings. The number of rotatable bonds is 2. The maximum Gasteiger partial charge on any atom is 0.260 e. The molecule has 4 N–H and O–H groups in total. The second-order valence-electron chi connectivity index (χ2n) is 6.13. The minimum absolute atomic E-state index is 0.0783. The van der Waals surface area contributed by atoms with Crippen molar-refractivity contribution >= 4 is 22.8 Å². The summed E-state index contributed by atoms with van der Waals surface area (Å²) in [7, 11) is 0. The van der Waals surface area contributed by atoms with Gasteiger partial charge in [-0.2, -0.15) is 4.98 Å². The van der Waals surface area contributed by atoms with E-state index in [1.54, 1.807) is 29.0 Å². The molecule has 0 saturated carbocycles. The molecule has 25 heavy (non-hydrogen) atoms. The van der Waals surface area contributed by atoms with Gasteiger partial charge in [-0.15, -0.1) is 0 Å². The normalized spacial score (nSPS) is 17.2. The van der Waals surface area contributed by atoms with Crippen molar-refractivity contribution in [3.8, 4) is 11.1 Å². The van der Waals surface area contributed by atoms with Gasteiger partial charge in [-0.25, -0.2) is 9.97 Å². The van der Waals surface area contributed by atoms with E-state index >= 15 is 0 Å². The van der Waals surface area contributed by atoms with Crippen LogP contribution in [0.4, 0.5) is 11.8 Å². The van der Waals surface area contributed by atoms with Crippen LogP contribution in [-0.4, -0.2) is 32.7 Å². The molecule has 1 aliphatic rings. The van der Waals surface area contributed by atoms with Crippen LogP contribution in [0.15, 0.2) is 29.2 Å². The first kappa shape index (κ1) is 15.5. The second kappa shape index (κ2) is 5.82. The van der Waals surface area contributed by atoms with Gasteiger partial charge in [-0.1, -0.05) is 0 Å². The number of aryl methyl sites for hydroxylation is 1. The van der Waals surface area contributed by atoms with E-state index in [0.29, 0.717) is 35.8 Å². The van der Waals surface area contributed by atoms with E-state index in [2.05, 4.69) is 15.0 Å². The van der Waals surface area contributed by atoms with Crippen LogP contribution < -0.4 is 17.0 Å². The SMILES string of the molecule is Cc1nc(N)nc2c1cc(-c1ccc(N)nc1)c(=O)n2C1CCOC1. The van der Waals surface area contributed by atoms with Crippen LogP contribution in [0.3, 0.4) is 0 Å². The molecule has 128 valence electrons. The number of hydrogen-bond donors (Lipinski definition) is 2. The fourth-order valence-corrected chi connectivity index (χ4v) is 3.21. The zero-order valence-corrected chi connectivity index (χ0v) is 13.8. The molecular formula is C17H18N6O2. The lowest BCUT2D eigenvalue weighted by atomic mass is 10.1. The fourth-order valence-electron chi connectivity index (χ4n) is 3.21. The number of fused-ring (bicyclic) bond motifs is 1. The molecule has 0 bridgehead atoms. The highest BCUT2D eigenvalue weighted by Gasteiger charge is 2.24. The molecule has 8 heteroatoms. The predicted molar refractivity (Wildman–Crippen MR) is 95.1 cm³/mol. The first-order valence-corrected chi connectivity index (χ1v) is 8.03. The quantitative estimate of drug-likeness (QED) is 0.722. The summed E-state index contributed by atoms with van der Waals surface area (Å²) in [6.45, 7) is 2.94. The monoisotopic (exact) mass is 338 g/mol. The lowest BCUT2D eigenvalue weighted by Gasteiger charge is -2.18. The molecule has 0 spiro atoms. The lowest BCUT2D eigenvalue weighted by molar-refractivity contribution is 0.186. The highest BCUT2D eigenvalue weighted by molar-refractivity contribution is 5.84. The summed E-state index contributed by atoms with van der Waals surface area (Å²) >= 11 is 0. The molecule has 1 unspecified atom stereocenters. The molecule has 8 nitrogen and oxygen atoms in total. The summed E-state index contributed by atoms with van der Waals surface area (Å²) in [6.07, 6.45) is 2.35. The number of nitrogen functional groups attached to an aromatic ring is 2. The van der Waals surface area contributed by atoms with Crippen molar-refractivity contribution in [1.29, 1.82) is 0 Å². The average molecular weight is 338 g/mol. The molecule has 1 aliphatic heterocycles. The first-order valence-electron chi connectivity index (χ1n) is 8.03. The van der Waals surface area contributed by atoms with Crippen molar-refractivity contribution in [2.24, 2.45) is 0 Å². The van der Waals surface area contributed by atoms with Crippen LogP contribution in [0.1, 0.15) is 18.2 Å². The largest absolute Gasteiger partial charge is 0.384 e. The average Bonchev–Trinajstić information content (AvgIpc) is 3.09. The van der Waals surface area contributed by atoms with Gasteiger partial charge in [0.2, 0.25) is 5.95 Å². The van der Waals surface area contributed by atoms with Gasteiger partial charge in [0, 0.05) is 29.3 Å². The summed E-state index contributed by atoms with van der Waals surface area (Å²) in [4.78, 5) is 25.9. The van der Waals surface area contributed by atoms with Crippen molar-refractivity contribution in [2.45, 2.75) is 19.4 Å². The molecular weight excluding hydrogens is 320 g/mol.